The number of rotatable bonds is 4. The minimum absolute atomic E-state index is 0.0229. The lowest BCUT2D eigenvalue weighted by Gasteiger charge is -2.33. The van der Waals surface area contributed by atoms with Crippen LogP contribution in [-0.4, -0.2) is 17.4 Å². The number of aliphatic hydroxyl groups is 1. The molecule has 0 aromatic heterocycles. The number of nitrogens with one attached hydrogen (secondary N) is 2. The van der Waals surface area contributed by atoms with Crippen LogP contribution in [0, 0.1) is 11.7 Å². The summed E-state index contributed by atoms with van der Waals surface area (Å²) < 4.78 is 53.7. The first kappa shape index (κ1) is 22.1. The van der Waals surface area contributed by atoms with Gasteiger partial charge < -0.3 is 15.7 Å². The Hall–Kier alpha value is -3.13. The zero-order valence-corrected chi connectivity index (χ0v) is 17.0. The molecule has 0 fully saturated rings. The van der Waals surface area contributed by atoms with Crippen molar-refractivity contribution in [2.45, 2.75) is 38.2 Å². The number of benzene rings is 2. The molecule has 0 saturated carbocycles. The average Bonchev–Trinajstić information content (AvgIpc) is 2.76. The van der Waals surface area contributed by atoms with Gasteiger partial charge in [-0.05, 0) is 48.1 Å². The van der Waals surface area contributed by atoms with Crippen molar-refractivity contribution in [1.29, 1.82) is 0 Å². The summed E-state index contributed by atoms with van der Waals surface area (Å²) in [7, 11) is 0. The molecule has 0 saturated heterocycles. The predicted octanol–water partition coefficient (Wildman–Crippen LogP) is 4.52. The summed E-state index contributed by atoms with van der Waals surface area (Å²) in [4.78, 5) is 12.6. The first-order valence-corrected chi connectivity index (χ1v) is 10.3. The van der Waals surface area contributed by atoms with Gasteiger partial charge in [-0.2, -0.15) is 13.2 Å². The van der Waals surface area contributed by atoms with Crippen LogP contribution in [0.25, 0.3) is 5.57 Å². The third-order valence-corrected chi connectivity index (χ3v) is 5.84. The lowest BCUT2D eigenvalue weighted by atomic mass is 9.81. The highest BCUT2D eigenvalue weighted by Gasteiger charge is 2.36. The highest BCUT2D eigenvalue weighted by atomic mass is 19.4. The van der Waals surface area contributed by atoms with E-state index >= 15 is 0 Å². The van der Waals surface area contributed by atoms with Gasteiger partial charge in [-0.3, -0.25) is 4.79 Å². The molecule has 1 amide bonds. The van der Waals surface area contributed by atoms with E-state index < -0.39 is 23.9 Å². The molecule has 8 heteroatoms. The SMILES string of the molecule is O=C1NC(O)NC(C2CC=C(c3ccc(F)cc3C(F)(F)F)CC2)=C1Cc1ccccc1. The van der Waals surface area contributed by atoms with Crippen LogP contribution in [0.3, 0.4) is 0 Å². The summed E-state index contributed by atoms with van der Waals surface area (Å²) in [5, 5.41) is 15.4. The molecule has 1 aliphatic carbocycles. The fourth-order valence-electron chi connectivity index (χ4n) is 4.32. The first-order valence-electron chi connectivity index (χ1n) is 10.3. The van der Waals surface area contributed by atoms with E-state index in [-0.39, 0.29) is 17.4 Å². The Bertz CT molecular complexity index is 1080. The van der Waals surface area contributed by atoms with Gasteiger partial charge in [0.1, 0.15) is 5.82 Å². The molecule has 4 nitrogen and oxygen atoms in total. The molecular formula is C24H22F4N2O2. The van der Waals surface area contributed by atoms with Crippen molar-refractivity contribution in [2.24, 2.45) is 5.92 Å². The number of hydrogen-bond donors (Lipinski definition) is 3. The Morgan fingerprint density at radius 2 is 1.81 bits per heavy atom. The lowest BCUT2D eigenvalue weighted by Crippen LogP contribution is -2.52. The van der Waals surface area contributed by atoms with Gasteiger partial charge in [0.05, 0.1) is 5.56 Å². The molecule has 2 atom stereocenters. The van der Waals surface area contributed by atoms with E-state index in [2.05, 4.69) is 10.6 Å². The van der Waals surface area contributed by atoms with Gasteiger partial charge in [-0.15, -0.1) is 0 Å². The second kappa shape index (κ2) is 8.78. The number of amides is 1. The molecule has 2 aromatic rings. The fourth-order valence-corrected chi connectivity index (χ4v) is 4.32. The van der Waals surface area contributed by atoms with Crippen molar-refractivity contribution in [3.05, 3.63) is 88.4 Å². The molecule has 2 unspecified atom stereocenters. The molecule has 2 aromatic carbocycles. The molecule has 0 bridgehead atoms. The molecule has 168 valence electrons. The number of alkyl halides is 3. The molecule has 2 aliphatic rings. The van der Waals surface area contributed by atoms with Gasteiger partial charge in [0.25, 0.3) is 5.91 Å². The Labute approximate surface area is 182 Å². The smallest absolute Gasteiger partial charge is 0.356 e. The van der Waals surface area contributed by atoms with Crippen molar-refractivity contribution >= 4 is 11.5 Å². The van der Waals surface area contributed by atoms with E-state index in [9.17, 15) is 27.5 Å². The number of carbonyl (C=O) groups excluding carboxylic acids is 1. The number of hydrogen-bond acceptors (Lipinski definition) is 3. The summed E-state index contributed by atoms with van der Waals surface area (Å²) in [6.07, 6.45) is -2.59. The molecule has 1 heterocycles. The van der Waals surface area contributed by atoms with Crippen LogP contribution in [0.15, 0.2) is 65.9 Å². The van der Waals surface area contributed by atoms with Crippen LogP contribution in [-0.2, 0) is 17.4 Å². The van der Waals surface area contributed by atoms with Gasteiger partial charge in [0.2, 0.25) is 6.35 Å². The minimum Gasteiger partial charge on any atom is -0.356 e. The van der Waals surface area contributed by atoms with Crippen molar-refractivity contribution in [3.8, 4) is 0 Å². The molecule has 32 heavy (non-hydrogen) atoms. The second-order valence-electron chi connectivity index (χ2n) is 7.96. The Kier molecular flexibility index (Phi) is 6.06. The number of aliphatic hydroxyl groups excluding tert-OH is 1. The van der Waals surface area contributed by atoms with Crippen LogP contribution in [0.2, 0.25) is 0 Å². The quantitative estimate of drug-likeness (QED) is 0.606. The maximum absolute atomic E-state index is 13.4. The van der Waals surface area contributed by atoms with E-state index in [4.69, 9.17) is 0 Å². The first-order chi connectivity index (χ1) is 15.2. The van der Waals surface area contributed by atoms with Crippen molar-refractivity contribution in [3.63, 3.8) is 0 Å². The minimum atomic E-state index is -4.66. The molecule has 3 N–H and O–H groups in total. The monoisotopic (exact) mass is 446 g/mol. The van der Waals surface area contributed by atoms with E-state index in [1.54, 1.807) is 6.08 Å². The van der Waals surface area contributed by atoms with Crippen molar-refractivity contribution in [2.75, 3.05) is 0 Å². The third kappa shape index (κ3) is 4.70. The van der Waals surface area contributed by atoms with Crippen LogP contribution in [0.5, 0.6) is 0 Å². The van der Waals surface area contributed by atoms with Crippen molar-refractivity contribution < 1.29 is 27.5 Å². The normalized spacial score (nSPS) is 21.7. The van der Waals surface area contributed by atoms with Gasteiger partial charge in [-0.25, -0.2) is 4.39 Å². The zero-order chi connectivity index (χ0) is 22.9. The predicted molar refractivity (Wildman–Crippen MR) is 111 cm³/mol. The summed E-state index contributed by atoms with van der Waals surface area (Å²) >= 11 is 0. The van der Waals surface area contributed by atoms with E-state index in [0.717, 1.165) is 11.6 Å². The van der Waals surface area contributed by atoms with Crippen LogP contribution in [0.4, 0.5) is 17.6 Å². The van der Waals surface area contributed by atoms with Crippen LogP contribution >= 0.6 is 0 Å². The second-order valence-corrected chi connectivity index (χ2v) is 7.96. The summed E-state index contributed by atoms with van der Waals surface area (Å²) in [6.45, 7) is 0. The number of halogens is 4. The largest absolute Gasteiger partial charge is 0.417 e. The van der Waals surface area contributed by atoms with Gasteiger partial charge in [-0.1, -0.05) is 42.5 Å². The highest BCUT2D eigenvalue weighted by Crippen LogP contribution is 2.40. The summed E-state index contributed by atoms with van der Waals surface area (Å²) in [5.74, 6) is -1.46. The molecular weight excluding hydrogens is 424 g/mol. The Morgan fingerprint density at radius 3 is 2.47 bits per heavy atom. The maximum Gasteiger partial charge on any atom is 0.417 e. The van der Waals surface area contributed by atoms with E-state index in [1.807, 2.05) is 30.3 Å². The average molecular weight is 446 g/mol. The summed E-state index contributed by atoms with van der Waals surface area (Å²) in [6, 6.07) is 12.1. The van der Waals surface area contributed by atoms with Gasteiger partial charge in [0.15, 0.2) is 0 Å². The van der Waals surface area contributed by atoms with Crippen LogP contribution in [0.1, 0.15) is 36.0 Å². The topological polar surface area (TPSA) is 61.4 Å². The standard InChI is InChI=1S/C24H22F4N2O2/c25-17-10-11-18(20(13-17)24(26,27)28)15-6-8-16(9-7-15)21-19(22(31)30-23(32)29-21)12-14-4-2-1-3-5-14/h1-6,10-11,13,16,23,29,32H,7-9,12H2,(H,30,31). The fraction of sp³-hybridized carbons (Fsp3) is 0.292. The third-order valence-electron chi connectivity index (χ3n) is 5.84. The Balaban J connectivity index is 1.63. The van der Waals surface area contributed by atoms with Gasteiger partial charge >= 0.3 is 6.18 Å². The zero-order valence-electron chi connectivity index (χ0n) is 17.0. The molecule has 4 rings (SSSR count). The summed E-state index contributed by atoms with van der Waals surface area (Å²) in [5.41, 5.74) is 1.53. The Morgan fingerprint density at radius 1 is 1.06 bits per heavy atom. The molecule has 0 spiro atoms. The van der Waals surface area contributed by atoms with Crippen LogP contribution < -0.4 is 10.6 Å². The van der Waals surface area contributed by atoms with Gasteiger partial charge in [0, 0.05) is 23.6 Å². The lowest BCUT2D eigenvalue weighted by molar-refractivity contribution is -0.138. The number of allylic oxidation sites excluding steroid dienone is 3. The number of carbonyl (C=O) groups is 1. The van der Waals surface area contributed by atoms with E-state index in [0.29, 0.717) is 48.6 Å². The van der Waals surface area contributed by atoms with E-state index in [1.165, 1.54) is 6.07 Å². The highest BCUT2D eigenvalue weighted by molar-refractivity contribution is 5.95. The molecule has 0 radical (unpaired) electrons. The molecule has 1 aliphatic heterocycles. The maximum atomic E-state index is 13.4. The van der Waals surface area contributed by atoms with Crippen molar-refractivity contribution in [1.82, 2.24) is 10.6 Å².